The van der Waals surface area contributed by atoms with E-state index in [1.165, 1.54) is 60.3 Å². The number of hydrogen-bond acceptors (Lipinski definition) is 2. The van der Waals surface area contributed by atoms with Crippen LogP contribution in [-0.4, -0.2) is 0 Å². The van der Waals surface area contributed by atoms with Crippen LogP contribution in [0.2, 0.25) is 0 Å². The molecule has 0 spiro atoms. The molecule has 0 aliphatic heterocycles. The van der Waals surface area contributed by atoms with Crippen molar-refractivity contribution >= 4 is 11.3 Å². The minimum Gasteiger partial charge on any atom is -0.324 e. The fourth-order valence-corrected chi connectivity index (χ4v) is 7.13. The highest BCUT2D eigenvalue weighted by atomic mass is 32.1. The van der Waals surface area contributed by atoms with Gasteiger partial charge >= 0.3 is 0 Å². The molecule has 1 nitrogen and oxygen atoms in total. The summed E-state index contributed by atoms with van der Waals surface area (Å²) in [4.78, 5) is 2.86. The molecule has 1 heterocycles. The zero-order valence-electron chi connectivity index (χ0n) is 12.8. The second-order valence-electron chi connectivity index (χ2n) is 8.10. The van der Waals surface area contributed by atoms with Crippen molar-refractivity contribution < 1.29 is 0 Å². The molecule has 0 radical (unpaired) electrons. The summed E-state index contributed by atoms with van der Waals surface area (Å²) in [5.41, 5.74) is 8.68. The van der Waals surface area contributed by atoms with Crippen LogP contribution < -0.4 is 5.73 Å². The lowest BCUT2D eigenvalue weighted by atomic mass is 9.48. The molecular formula is C18H27NS. The Hall–Kier alpha value is -0.340. The van der Waals surface area contributed by atoms with Gasteiger partial charge in [-0.3, -0.25) is 0 Å². The zero-order valence-corrected chi connectivity index (χ0v) is 13.6. The van der Waals surface area contributed by atoms with E-state index in [0.717, 1.165) is 17.8 Å². The lowest BCUT2D eigenvalue weighted by Crippen LogP contribution is -2.47. The van der Waals surface area contributed by atoms with Crippen molar-refractivity contribution in [3.05, 3.63) is 21.4 Å². The maximum Gasteiger partial charge on any atom is 0.0311 e. The monoisotopic (exact) mass is 289 g/mol. The van der Waals surface area contributed by atoms with Gasteiger partial charge in [0.25, 0.3) is 0 Å². The highest BCUT2D eigenvalue weighted by Crippen LogP contribution is 2.62. The van der Waals surface area contributed by atoms with Gasteiger partial charge in [-0.25, -0.2) is 0 Å². The molecule has 1 aromatic heterocycles. The van der Waals surface area contributed by atoms with Gasteiger partial charge in [-0.05, 0) is 93.6 Å². The molecule has 2 N–H and O–H groups in total. The summed E-state index contributed by atoms with van der Waals surface area (Å²) in [6, 6.07) is 2.61. The summed E-state index contributed by atoms with van der Waals surface area (Å²) in [5.74, 6) is 3.12. The van der Waals surface area contributed by atoms with E-state index < -0.39 is 0 Å². The number of rotatable bonds is 3. The van der Waals surface area contributed by atoms with Gasteiger partial charge in [-0.1, -0.05) is 0 Å². The topological polar surface area (TPSA) is 26.0 Å². The van der Waals surface area contributed by atoms with E-state index in [-0.39, 0.29) is 6.04 Å². The Balaban J connectivity index is 1.55. The Morgan fingerprint density at radius 1 is 1.15 bits per heavy atom. The second-order valence-corrected chi connectivity index (χ2v) is 9.56. The zero-order chi connectivity index (χ0) is 13.9. The van der Waals surface area contributed by atoms with E-state index in [0.29, 0.717) is 5.41 Å². The van der Waals surface area contributed by atoms with E-state index in [1.54, 1.807) is 0 Å². The molecular weight excluding hydrogens is 262 g/mol. The Bertz CT molecular complexity index is 480. The van der Waals surface area contributed by atoms with E-state index in [4.69, 9.17) is 5.73 Å². The van der Waals surface area contributed by atoms with Crippen LogP contribution in [0.15, 0.2) is 6.07 Å². The molecule has 4 fully saturated rings. The largest absolute Gasteiger partial charge is 0.324 e. The van der Waals surface area contributed by atoms with Crippen LogP contribution in [0.3, 0.4) is 0 Å². The Morgan fingerprint density at radius 3 is 2.15 bits per heavy atom. The van der Waals surface area contributed by atoms with E-state index in [2.05, 4.69) is 19.9 Å². The van der Waals surface area contributed by atoms with Gasteiger partial charge < -0.3 is 5.73 Å². The quantitative estimate of drug-likeness (QED) is 0.835. The molecule has 1 aromatic rings. The summed E-state index contributed by atoms with van der Waals surface area (Å²) in [7, 11) is 0. The molecule has 4 aliphatic rings. The first kappa shape index (κ1) is 13.3. The van der Waals surface area contributed by atoms with Gasteiger partial charge in [0, 0.05) is 15.8 Å². The van der Waals surface area contributed by atoms with Gasteiger partial charge in [-0.15, -0.1) is 11.3 Å². The molecule has 4 bridgehead atoms. The van der Waals surface area contributed by atoms with Crippen molar-refractivity contribution in [2.75, 3.05) is 0 Å². The normalized spacial score (nSPS) is 40.2. The van der Waals surface area contributed by atoms with Crippen molar-refractivity contribution in [3.63, 3.8) is 0 Å². The molecule has 4 saturated carbocycles. The number of aryl methyl sites for hydroxylation is 2. The number of thiophene rings is 1. The SMILES string of the molecule is Cc1cc(C(N)CC23CC4CC(CC(C4)C2)C3)c(C)s1. The molecule has 4 aliphatic carbocycles. The first-order chi connectivity index (χ1) is 9.53. The molecule has 20 heavy (non-hydrogen) atoms. The predicted octanol–water partition coefficient (Wildman–Crippen LogP) is 4.97. The average molecular weight is 289 g/mol. The van der Waals surface area contributed by atoms with Crippen molar-refractivity contribution in [1.82, 2.24) is 0 Å². The van der Waals surface area contributed by atoms with Crippen molar-refractivity contribution in [1.29, 1.82) is 0 Å². The van der Waals surface area contributed by atoms with Crippen molar-refractivity contribution in [2.24, 2.45) is 28.9 Å². The molecule has 1 atom stereocenters. The molecule has 2 heteroatoms. The van der Waals surface area contributed by atoms with Crippen LogP contribution in [0.5, 0.6) is 0 Å². The average Bonchev–Trinajstić information content (AvgIpc) is 2.66. The highest BCUT2D eigenvalue weighted by molar-refractivity contribution is 7.12. The van der Waals surface area contributed by atoms with Crippen LogP contribution in [0.4, 0.5) is 0 Å². The Labute approximate surface area is 127 Å². The van der Waals surface area contributed by atoms with Crippen LogP contribution in [-0.2, 0) is 0 Å². The minimum absolute atomic E-state index is 0.274. The maximum absolute atomic E-state index is 6.64. The molecule has 0 amide bonds. The second kappa shape index (κ2) is 4.58. The predicted molar refractivity (Wildman–Crippen MR) is 85.9 cm³/mol. The summed E-state index contributed by atoms with van der Waals surface area (Å²) < 4.78 is 0. The summed E-state index contributed by atoms with van der Waals surface area (Å²) in [6.45, 7) is 4.45. The lowest BCUT2D eigenvalue weighted by Gasteiger charge is -2.57. The molecule has 1 unspecified atom stereocenters. The van der Waals surface area contributed by atoms with Crippen LogP contribution in [0.1, 0.15) is 66.3 Å². The Morgan fingerprint density at radius 2 is 1.70 bits per heavy atom. The van der Waals surface area contributed by atoms with Gasteiger partial charge in [0.15, 0.2) is 0 Å². The lowest BCUT2D eigenvalue weighted by molar-refractivity contribution is -0.0605. The van der Waals surface area contributed by atoms with Gasteiger partial charge in [0.1, 0.15) is 0 Å². The number of nitrogens with two attached hydrogens (primary N) is 1. The van der Waals surface area contributed by atoms with E-state index in [1.807, 2.05) is 11.3 Å². The summed E-state index contributed by atoms with van der Waals surface area (Å²) in [6.07, 6.45) is 10.3. The molecule has 5 rings (SSSR count). The van der Waals surface area contributed by atoms with E-state index >= 15 is 0 Å². The smallest absolute Gasteiger partial charge is 0.0311 e. The third-order valence-electron chi connectivity index (χ3n) is 6.30. The Kier molecular flexibility index (Phi) is 3.05. The van der Waals surface area contributed by atoms with Crippen molar-refractivity contribution in [3.8, 4) is 0 Å². The third kappa shape index (κ3) is 2.16. The molecule has 0 saturated heterocycles. The number of hydrogen-bond donors (Lipinski definition) is 1. The van der Waals surface area contributed by atoms with Crippen LogP contribution >= 0.6 is 11.3 Å². The molecule has 0 aromatic carbocycles. The van der Waals surface area contributed by atoms with Gasteiger partial charge in [0.2, 0.25) is 0 Å². The maximum atomic E-state index is 6.64. The first-order valence-electron chi connectivity index (χ1n) is 8.35. The fraction of sp³-hybridized carbons (Fsp3) is 0.778. The van der Waals surface area contributed by atoms with Crippen LogP contribution in [0, 0.1) is 37.0 Å². The highest BCUT2D eigenvalue weighted by Gasteiger charge is 2.51. The standard InChI is InChI=1S/C18H27NS/c1-11-3-16(12(2)20-11)17(19)10-18-7-13-4-14(8-18)6-15(5-13)9-18/h3,13-15,17H,4-10,19H2,1-2H3. The molecule has 110 valence electrons. The summed E-state index contributed by atoms with van der Waals surface area (Å²) in [5, 5.41) is 0. The first-order valence-corrected chi connectivity index (χ1v) is 9.17. The third-order valence-corrected chi connectivity index (χ3v) is 7.28. The minimum atomic E-state index is 0.274. The summed E-state index contributed by atoms with van der Waals surface area (Å²) >= 11 is 1.91. The van der Waals surface area contributed by atoms with Crippen molar-refractivity contribution in [2.45, 2.75) is 64.8 Å². The van der Waals surface area contributed by atoms with Gasteiger partial charge in [0.05, 0.1) is 0 Å². The fourth-order valence-electron chi connectivity index (χ4n) is 6.14. The van der Waals surface area contributed by atoms with E-state index in [9.17, 15) is 0 Å². The van der Waals surface area contributed by atoms with Gasteiger partial charge in [-0.2, -0.15) is 0 Å². The van der Waals surface area contributed by atoms with Crippen LogP contribution in [0.25, 0.3) is 0 Å².